The lowest BCUT2D eigenvalue weighted by molar-refractivity contribution is -0.134. The Hall–Kier alpha value is -5.88. The van der Waals surface area contributed by atoms with Crippen molar-refractivity contribution >= 4 is 35.1 Å². The molecule has 12 nitrogen and oxygen atoms in total. The number of amides is 5. The summed E-state index contributed by atoms with van der Waals surface area (Å²) >= 11 is 0. The number of hydrogen-bond acceptors (Lipinski definition) is 8. The number of phenols is 1. The van der Waals surface area contributed by atoms with Crippen molar-refractivity contribution in [2.24, 2.45) is 5.92 Å². The summed E-state index contributed by atoms with van der Waals surface area (Å²) in [6.07, 6.45) is 4.59. The highest BCUT2D eigenvalue weighted by Crippen LogP contribution is 2.47. The minimum atomic E-state index is -0.691. The van der Waals surface area contributed by atoms with Gasteiger partial charge in [-0.2, -0.15) is 0 Å². The number of nitrogens with one attached hydrogen (secondary N) is 2. The highest BCUT2D eigenvalue weighted by molar-refractivity contribution is 6.03. The van der Waals surface area contributed by atoms with Gasteiger partial charge in [0.05, 0.1) is 0 Å². The van der Waals surface area contributed by atoms with E-state index in [0.717, 1.165) is 103 Å². The molecule has 5 aliphatic rings. The molecular formula is C49H57N7O5. The van der Waals surface area contributed by atoms with Crippen LogP contribution < -0.4 is 20.4 Å². The van der Waals surface area contributed by atoms with Crippen LogP contribution in [0.2, 0.25) is 0 Å². The Kier molecular flexibility index (Phi) is 12.0. The Labute approximate surface area is 358 Å². The Morgan fingerprint density at radius 1 is 0.656 bits per heavy atom. The SMILES string of the molecule is O=C1CCC(NC(=O)c2ccc(N3CCN(CC4CCN(C(=O)N5CCN(c6ccc([C@@H]7c8ccc(O)cc8CC[C@@H]7c7ccccc7)cc6)CC5)CC4)CC3)cc2)C(=O)N1. The van der Waals surface area contributed by atoms with Gasteiger partial charge in [0, 0.05) is 101 Å². The maximum Gasteiger partial charge on any atom is 0.320 e. The molecule has 5 amide bonds. The van der Waals surface area contributed by atoms with Gasteiger partial charge in [-0.25, -0.2) is 4.79 Å². The third-order valence-corrected chi connectivity index (χ3v) is 13.8. The molecular weight excluding hydrogens is 767 g/mol. The van der Waals surface area contributed by atoms with Gasteiger partial charge in [0.1, 0.15) is 11.8 Å². The number of hydrogen-bond donors (Lipinski definition) is 3. The van der Waals surface area contributed by atoms with E-state index in [4.69, 9.17) is 0 Å². The second-order valence-corrected chi connectivity index (χ2v) is 17.5. The predicted molar refractivity (Wildman–Crippen MR) is 236 cm³/mol. The molecule has 0 radical (unpaired) electrons. The van der Waals surface area contributed by atoms with Crippen LogP contribution in [0.1, 0.15) is 76.6 Å². The molecule has 0 bridgehead atoms. The number of urea groups is 1. The maximum absolute atomic E-state index is 13.7. The highest BCUT2D eigenvalue weighted by atomic mass is 16.3. The highest BCUT2D eigenvalue weighted by Gasteiger charge is 2.34. The maximum atomic E-state index is 13.7. The van der Waals surface area contributed by atoms with Crippen LogP contribution in [0.25, 0.3) is 0 Å². The molecule has 318 valence electrons. The quantitative estimate of drug-likeness (QED) is 0.197. The van der Waals surface area contributed by atoms with Gasteiger partial charge in [0.25, 0.3) is 5.91 Å². The summed E-state index contributed by atoms with van der Waals surface area (Å²) in [7, 11) is 0. The first kappa shape index (κ1) is 40.5. The van der Waals surface area contributed by atoms with E-state index in [9.17, 15) is 24.3 Å². The molecule has 4 aliphatic heterocycles. The standard InChI is InChI=1S/C49H57N7O5/c57-41-15-17-43-38(32-41)10-16-42(35-4-2-1-3-5-35)46(43)36-6-11-39(12-7-36)54-28-30-56(31-29-54)49(61)55-22-20-34(21-23-55)33-52-24-26-53(27-25-52)40-13-8-37(9-14-40)47(59)50-44-18-19-45(58)51-48(44)60/h1-9,11-15,17,32,34,42,44,46,57H,10,16,18-31,33H2,(H,50,59)(H,51,58,60)/t42-,44?,46+/m1/s1. The molecule has 0 aromatic heterocycles. The van der Waals surface area contributed by atoms with Gasteiger partial charge in [0.15, 0.2) is 0 Å². The molecule has 12 heteroatoms. The van der Waals surface area contributed by atoms with Crippen molar-refractivity contribution in [2.75, 3.05) is 81.8 Å². The van der Waals surface area contributed by atoms with Gasteiger partial charge in [0.2, 0.25) is 11.8 Å². The molecule has 0 saturated carbocycles. The first-order valence-corrected chi connectivity index (χ1v) is 22.2. The predicted octanol–water partition coefficient (Wildman–Crippen LogP) is 5.57. The number of benzene rings is 4. The van der Waals surface area contributed by atoms with Gasteiger partial charge >= 0.3 is 6.03 Å². The molecule has 1 unspecified atom stereocenters. The van der Waals surface area contributed by atoms with Crippen LogP contribution in [-0.4, -0.2) is 122 Å². The van der Waals surface area contributed by atoms with E-state index < -0.39 is 11.9 Å². The van der Waals surface area contributed by atoms with Crippen LogP contribution in [0, 0.1) is 5.92 Å². The minimum absolute atomic E-state index is 0.176. The summed E-state index contributed by atoms with van der Waals surface area (Å²) in [5, 5.41) is 15.3. The smallest absolute Gasteiger partial charge is 0.320 e. The zero-order valence-corrected chi connectivity index (χ0v) is 34.9. The molecule has 9 rings (SSSR count). The number of carbonyl (C=O) groups excluding carboxylic acids is 4. The summed E-state index contributed by atoms with van der Waals surface area (Å²) in [5.41, 5.74) is 7.96. The number of phenolic OH excluding ortho intramolecular Hbond substituents is 1. The summed E-state index contributed by atoms with van der Waals surface area (Å²) in [6, 6.07) is 32.8. The lowest BCUT2D eigenvalue weighted by Gasteiger charge is -2.42. The number of nitrogens with zero attached hydrogens (tertiary/aromatic N) is 5. The molecule has 3 atom stereocenters. The second-order valence-electron chi connectivity index (χ2n) is 17.5. The third-order valence-electron chi connectivity index (χ3n) is 13.8. The van der Waals surface area contributed by atoms with E-state index in [0.29, 0.717) is 29.6 Å². The fourth-order valence-corrected chi connectivity index (χ4v) is 10.3. The number of likely N-dealkylation sites (tertiary alicyclic amines) is 1. The Balaban J connectivity index is 0.711. The van der Waals surface area contributed by atoms with Crippen LogP contribution in [0.5, 0.6) is 5.75 Å². The van der Waals surface area contributed by atoms with E-state index in [-0.39, 0.29) is 30.2 Å². The largest absolute Gasteiger partial charge is 0.508 e. The Morgan fingerprint density at radius 3 is 1.97 bits per heavy atom. The molecule has 4 fully saturated rings. The fraction of sp³-hybridized carbons (Fsp3) is 0.429. The average Bonchev–Trinajstić information content (AvgIpc) is 3.30. The lowest BCUT2D eigenvalue weighted by Crippen LogP contribution is -2.54. The van der Waals surface area contributed by atoms with Crippen molar-refractivity contribution in [1.82, 2.24) is 25.3 Å². The van der Waals surface area contributed by atoms with Crippen molar-refractivity contribution in [3.63, 3.8) is 0 Å². The number of aryl methyl sites for hydroxylation is 1. The topological polar surface area (TPSA) is 129 Å². The lowest BCUT2D eigenvalue weighted by atomic mass is 9.69. The molecule has 4 aromatic carbocycles. The van der Waals surface area contributed by atoms with Crippen molar-refractivity contribution < 1.29 is 24.3 Å². The van der Waals surface area contributed by atoms with E-state index in [1.807, 2.05) is 29.2 Å². The van der Waals surface area contributed by atoms with E-state index in [2.05, 4.69) is 90.9 Å². The fourth-order valence-electron chi connectivity index (χ4n) is 10.3. The van der Waals surface area contributed by atoms with E-state index >= 15 is 0 Å². The summed E-state index contributed by atoms with van der Waals surface area (Å²) < 4.78 is 0. The van der Waals surface area contributed by atoms with Gasteiger partial charge in [-0.1, -0.05) is 48.5 Å². The number of rotatable bonds is 8. The summed E-state index contributed by atoms with van der Waals surface area (Å²) in [4.78, 5) is 61.3. The van der Waals surface area contributed by atoms with Crippen molar-refractivity contribution in [1.29, 1.82) is 0 Å². The summed E-state index contributed by atoms with van der Waals surface area (Å²) in [6.45, 7) is 9.50. The van der Waals surface area contributed by atoms with Gasteiger partial charge in [-0.3, -0.25) is 24.6 Å². The third kappa shape index (κ3) is 9.10. The number of aromatic hydroxyl groups is 1. The van der Waals surface area contributed by atoms with Gasteiger partial charge in [-0.15, -0.1) is 0 Å². The molecule has 4 aromatic rings. The van der Waals surface area contributed by atoms with E-state index in [1.54, 1.807) is 12.1 Å². The molecule has 1 aliphatic carbocycles. The van der Waals surface area contributed by atoms with Crippen LogP contribution in [-0.2, 0) is 16.0 Å². The molecule has 3 N–H and O–H groups in total. The first-order chi connectivity index (χ1) is 29.8. The number of imide groups is 1. The number of piperidine rings is 2. The van der Waals surface area contributed by atoms with E-state index in [1.165, 1.54) is 27.9 Å². The zero-order chi connectivity index (χ0) is 41.9. The Bertz CT molecular complexity index is 2190. The molecule has 4 heterocycles. The minimum Gasteiger partial charge on any atom is -0.508 e. The second kappa shape index (κ2) is 18.0. The number of anilines is 2. The number of fused-ring (bicyclic) bond motifs is 1. The normalized spacial score (nSPS) is 22.7. The van der Waals surface area contributed by atoms with Gasteiger partial charge < -0.3 is 30.0 Å². The number of piperazine rings is 2. The molecule has 4 saturated heterocycles. The first-order valence-electron chi connectivity index (χ1n) is 22.2. The monoisotopic (exact) mass is 823 g/mol. The summed E-state index contributed by atoms with van der Waals surface area (Å²) in [5.74, 6) is 0.431. The van der Waals surface area contributed by atoms with Crippen molar-refractivity contribution in [2.45, 2.75) is 56.4 Å². The zero-order valence-electron chi connectivity index (χ0n) is 34.9. The Morgan fingerprint density at radius 2 is 1.30 bits per heavy atom. The van der Waals surface area contributed by atoms with Crippen LogP contribution in [0.15, 0.2) is 97.1 Å². The van der Waals surface area contributed by atoms with Crippen LogP contribution in [0.4, 0.5) is 16.2 Å². The molecule has 0 spiro atoms. The van der Waals surface area contributed by atoms with Gasteiger partial charge in [-0.05, 0) is 115 Å². The average molecular weight is 824 g/mol. The van der Waals surface area contributed by atoms with Crippen LogP contribution in [0.3, 0.4) is 0 Å². The molecule has 61 heavy (non-hydrogen) atoms. The number of carbonyl (C=O) groups is 4. The van der Waals surface area contributed by atoms with Crippen molar-refractivity contribution in [3.05, 3.63) is 125 Å². The van der Waals surface area contributed by atoms with Crippen molar-refractivity contribution in [3.8, 4) is 5.75 Å². The van der Waals surface area contributed by atoms with Crippen LogP contribution >= 0.6 is 0 Å².